The Labute approximate surface area is 114 Å². The van der Waals surface area contributed by atoms with Gasteiger partial charge in [-0.05, 0) is 26.0 Å². The van der Waals surface area contributed by atoms with Crippen LogP contribution in [0, 0.1) is 0 Å². The standard InChI is InChI=1S/C14H22ClNO2/c1-4-6-17-13-9-12(15)14(18-7-5-2)8-11(13)10-16-3/h8-9,16H,4-7,10H2,1-3H3. The molecule has 1 aromatic carbocycles. The van der Waals surface area contributed by atoms with E-state index in [-0.39, 0.29) is 0 Å². The molecule has 0 radical (unpaired) electrons. The van der Waals surface area contributed by atoms with Gasteiger partial charge in [0, 0.05) is 18.2 Å². The summed E-state index contributed by atoms with van der Waals surface area (Å²) < 4.78 is 11.3. The Morgan fingerprint density at radius 1 is 1.06 bits per heavy atom. The van der Waals surface area contributed by atoms with Crippen molar-refractivity contribution >= 4 is 11.6 Å². The summed E-state index contributed by atoms with van der Waals surface area (Å²) in [6, 6.07) is 3.80. The summed E-state index contributed by atoms with van der Waals surface area (Å²) in [7, 11) is 1.91. The molecule has 1 aromatic rings. The predicted molar refractivity (Wildman–Crippen MR) is 75.8 cm³/mol. The Kier molecular flexibility index (Phi) is 6.91. The highest BCUT2D eigenvalue weighted by Crippen LogP contribution is 2.33. The first kappa shape index (κ1) is 15.1. The second-order valence-corrected chi connectivity index (χ2v) is 4.52. The minimum atomic E-state index is 0.606. The van der Waals surface area contributed by atoms with Crippen molar-refractivity contribution in [1.29, 1.82) is 0 Å². The molecule has 18 heavy (non-hydrogen) atoms. The minimum Gasteiger partial charge on any atom is -0.493 e. The van der Waals surface area contributed by atoms with Gasteiger partial charge in [-0.1, -0.05) is 25.4 Å². The van der Waals surface area contributed by atoms with Crippen molar-refractivity contribution < 1.29 is 9.47 Å². The van der Waals surface area contributed by atoms with Crippen LogP contribution in [0.4, 0.5) is 0 Å². The van der Waals surface area contributed by atoms with E-state index in [9.17, 15) is 0 Å². The smallest absolute Gasteiger partial charge is 0.138 e. The average molecular weight is 272 g/mol. The molecule has 1 N–H and O–H groups in total. The molecule has 0 aromatic heterocycles. The van der Waals surface area contributed by atoms with E-state index in [1.54, 1.807) is 0 Å². The highest BCUT2D eigenvalue weighted by atomic mass is 35.5. The van der Waals surface area contributed by atoms with Crippen LogP contribution in [0.1, 0.15) is 32.3 Å². The molecule has 0 unspecified atom stereocenters. The molecule has 0 spiro atoms. The fourth-order valence-electron chi connectivity index (χ4n) is 1.57. The second-order valence-electron chi connectivity index (χ2n) is 4.12. The van der Waals surface area contributed by atoms with Gasteiger partial charge >= 0.3 is 0 Å². The molecule has 0 saturated carbocycles. The molecule has 0 heterocycles. The number of halogens is 1. The predicted octanol–water partition coefficient (Wildman–Crippen LogP) is 3.64. The topological polar surface area (TPSA) is 30.5 Å². The van der Waals surface area contributed by atoms with Crippen LogP contribution in [0.25, 0.3) is 0 Å². The lowest BCUT2D eigenvalue weighted by atomic mass is 10.2. The van der Waals surface area contributed by atoms with Gasteiger partial charge in [0.15, 0.2) is 0 Å². The maximum absolute atomic E-state index is 6.19. The van der Waals surface area contributed by atoms with Crippen molar-refractivity contribution in [3.05, 3.63) is 22.7 Å². The first-order valence-electron chi connectivity index (χ1n) is 6.45. The van der Waals surface area contributed by atoms with Crippen LogP contribution in [0.3, 0.4) is 0 Å². The van der Waals surface area contributed by atoms with Crippen LogP contribution in [-0.2, 0) is 6.54 Å². The van der Waals surface area contributed by atoms with E-state index in [1.807, 2.05) is 19.2 Å². The quantitative estimate of drug-likeness (QED) is 0.783. The molecule has 0 atom stereocenters. The van der Waals surface area contributed by atoms with Gasteiger partial charge in [0.25, 0.3) is 0 Å². The molecular weight excluding hydrogens is 250 g/mol. The van der Waals surface area contributed by atoms with Gasteiger partial charge in [-0.25, -0.2) is 0 Å². The van der Waals surface area contributed by atoms with E-state index in [2.05, 4.69) is 19.2 Å². The first-order valence-corrected chi connectivity index (χ1v) is 6.83. The second kappa shape index (κ2) is 8.22. The molecule has 0 aliphatic carbocycles. The van der Waals surface area contributed by atoms with Crippen LogP contribution in [0.2, 0.25) is 5.02 Å². The van der Waals surface area contributed by atoms with E-state index in [0.29, 0.717) is 18.2 Å². The molecule has 0 amide bonds. The molecule has 0 fully saturated rings. The first-order chi connectivity index (χ1) is 8.72. The lowest BCUT2D eigenvalue weighted by Crippen LogP contribution is -2.09. The third kappa shape index (κ3) is 4.39. The van der Waals surface area contributed by atoms with E-state index in [4.69, 9.17) is 21.1 Å². The van der Waals surface area contributed by atoms with Crippen molar-refractivity contribution in [2.24, 2.45) is 0 Å². The highest BCUT2D eigenvalue weighted by Gasteiger charge is 2.10. The highest BCUT2D eigenvalue weighted by molar-refractivity contribution is 6.32. The molecular formula is C14H22ClNO2. The molecule has 102 valence electrons. The maximum Gasteiger partial charge on any atom is 0.138 e. The number of rotatable bonds is 8. The van der Waals surface area contributed by atoms with Gasteiger partial charge in [-0.2, -0.15) is 0 Å². The van der Waals surface area contributed by atoms with Crippen LogP contribution in [0.5, 0.6) is 11.5 Å². The average Bonchev–Trinajstić information content (AvgIpc) is 2.37. The van der Waals surface area contributed by atoms with E-state index < -0.39 is 0 Å². The fourth-order valence-corrected chi connectivity index (χ4v) is 1.78. The largest absolute Gasteiger partial charge is 0.493 e. The van der Waals surface area contributed by atoms with Crippen LogP contribution >= 0.6 is 11.6 Å². The van der Waals surface area contributed by atoms with Crippen molar-refractivity contribution in [3.8, 4) is 11.5 Å². The Balaban J connectivity index is 2.92. The Hall–Kier alpha value is -0.930. The summed E-state index contributed by atoms with van der Waals surface area (Å²) in [5.74, 6) is 1.56. The zero-order valence-corrected chi connectivity index (χ0v) is 12.1. The minimum absolute atomic E-state index is 0.606. The van der Waals surface area contributed by atoms with Crippen molar-refractivity contribution in [2.45, 2.75) is 33.2 Å². The van der Waals surface area contributed by atoms with Gasteiger partial charge in [-0.15, -0.1) is 0 Å². The monoisotopic (exact) mass is 271 g/mol. The van der Waals surface area contributed by atoms with Crippen molar-refractivity contribution in [2.75, 3.05) is 20.3 Å². The van der Waals surface area contributed by atoms with Crippen LogP contribution < -0.4 is 14.8 Å². The third-order valence-corrected chi connectivity index (χ3v) is 2.70. The molecule has 0 aliphatic heterocycles. The van der Waals surface area contributed by atoms with Gasteiger partial charge in [0.05, 0.1) is 18.2 Å². The summed E-state index contributed by atoms with van der Waals surface area (Å²) in [4.78, 5) is 0. The summed E-state index contributed by atoms with van der Waals surface area (Å²) in [6.45, 7) is 6.26. The van der Waals surface area contributed by atoms with Crippen molar-refractivity contribution in [1.82, 2.24) is 5.32 Å². The SMILES string of the molecule is CCCOc1cc(CNC)c(OCCC)cc1Cl. The lowest BCUT2D eigenvalue weighted by molar-refractivity contribution is 0.305. The summed E-state index contributed by atoms with van der Waals surface area (Å²) in [5, 5.41) is 3.73. The van der Waals surface area contributed by atoms with Crippen molar-refractivity contribution in [3.63, 3.8) is 0 Å². The van der Waals surface area contributed by atoms with Crippen LogP contribution in [-0.4, -0.2) is 20.3 Å². The van der Waals surface area contributed by atoms with Gasteiger partial charge in [0.1, 0.15) is 11.5 Å². The van der Waals surface area contributed by atoms with Gasteiger partial charge in [0.2, 0.25) is 0 Å². The van der Waals surface area contributed by atoms with Gasteiger partial charge in [-0.3, -0.25) is 0 Å². The van der Waals surface area contributed by atoms with Gasteiger partial charge < -0.3 is 14.8 Å². The number of hydrogen-bond acceptors (Lipinski definition) is 3. The number of hydrogen-bond donors (Lipinski definition) is 1. The van der Waals surface area contributed by atoms with E-state index in [0.717, 1.165) is 36.4 Å². The number of nitrogens with one attached hydrogen (secondary N) is 1. The van der Waals surface area contributed by atoms with E-state index in [1.165, 1.54) is 0 Å². The number of ether oxygens (including phenoxy) is 2. The summed E-state index contributed by atoms with van der Waals surface area (Å²) in [6.07, 6.45) is 1.94. The molecule has 4 heteroatoms. The third-order valence-electron chi connectivity index (χ3n) is 2.41. The van der Waals surface area contributed by atoms with E-state index >= 15 is 0 Å². The summed E-state index contributed by atoms with van der Waals surface area (Å²) >= 11 is 6.19. The molecule has 0 saturated heterocycles. The Bertz CT molecular complexity index is 369. The van der Waals surface area contributed by atoms with Crippen LogP contribution in [0.15, 0.2) is 12.1 Å². The molecule has 1 rings (SSSR count). The zero-order valence-electron chi connectivity index (χ0n) is 11.4. The molecule has 0 aliphatic rings. The Morgan fingerprint density at radius 2 is 1.67 bits per heavy atom. The summed E-state index contributed by atoms with van der Waals surface area (Å²) in [5.41, 5.74) is 1.07. The maximum atomic E-state index is 6.19. The zero-order chi connectivity index (χ0) is 13.4. The Morgan fingerprint density at radius 3 is 2.22 bits per heavy atom. The normalized spacial score (nSPS) is 10.4. The fraction of sp³-hybridized carbons (Fsp3) is 0.571. The lowest BCUT2D eigenvalue weighted by Gasteiger charge is -2.14. The molecule has 0 bridgehead atoms. The number of benzene rings is 1. The molecule has 3 nitrogen and oxygen atoms in total.